The summed E-state index contributed by atoms with van der Waals surface area (Å²) in [5.74, 6) is 0.292. The Kier molecular flexibility index (Phi) is 6.63. The van der Waals surface area contributed by atoms with E-state index in [0.29, 0.717) is 11.4 Å². The van der Waals surface area contributed by atoms with Crippen LogP contribution in [0.3, 0.4) is 0 Å². The Labute approximate surface area is 110 Å². The molecule has 0 saturated carbocycles. The first-order chi connectivity index (χ1) is 7.61. The SMILES string of the molecule is Nc1ccccc1O.Nc1ccccc1O.[Cu]. The second kappa shape index (κ2) is 7.44. The third kappa shape index (κ3) is 5.15. The molecule has 1 radical (unpaired) electrons. The van der Waals surface area contributed by atoms with Gasteiger partial charge in [0.2, 0.25) is 0 Å². The molecule has 2 aromatic carbocycles. The second-order valence-corrected chi connectivity index (χ2v) is 3.12. The van der Waals surface area contributed by atoms with E-state index in [4.69, 9.17) is 21.7 Å². The monoisotopic (exact) mass is 281 g/mol. The molecule has 0 heterocycles. The van der Waals surface area contributed by atoms with Crippen LogP contribution in [0.2, 0.25) is 0 Å². The summed E-state index contributed by atoms with van der Waals surface area (Å²) in [7, 11) is 0. The molecule has 0 saturated heterocycles. The number of nitrogen functional groups attached to an aromatic ring is 2. The Hall–Kier alpha value is -1.84. The molecule has 4 nitrogen and oxygen atoms in total. The maximum absolute atomic E-state index is 8.79. The van der Waals surface area contributed by atoms with E-state index in [0.717, 1.165) is 0 Å². The van der Waals surface area contributed by atoms with E-state index in [9.17, 15) is 0 Å². The van der Waals surface area contributed by atoms with Gasteiger partial charge in [0.25, 0.3) is 0 Å². The van der Waals surface area contributed by atoms with Crippen molar-refractivity contribution < 1.29 is 27.3 Å². The zero-order valence-corrected chi connectivity index (χ0v) is 9.91. The van der Waals surface area contributed by atoms with Gasteiger partial charge in [-0.1, -0.05) is 24.3 Å². The Morgan fingerprint density at radius 2 is 0.941 bits per heavy atom. The molecule has 0 fully saturated rings. The van der Waals surface area contributed by atoms with Gasteiger partial charge in [0.15, 0.2) is 0 Å². The van der Waals surface area contributed by atoms with E-state index in [1.54, 1.807) is 48.5 Å². The maximum atomic E-state index is 8.79. The van der Waals surface area contributed by atoms with Crippen molar-refractivity contribution in [3.05, 3.63) is 48.5 Å². The van der Waals surface area contributed by atoms with Crippen molar-refractivity contribution in [3.63, 3.8) is 0 Å². The molecule has 0 amide bonds. The minimum atomic E-state index is 0. The Morgan fingerprint density at radius 1 is 0.647 bits per heavy atom. The molecule has 0 aliphatic rings. The van der Waals surface area contributed by atoms with Crippen LogP contribution >= 0.6 is 0 Å². The van der Waals surface area contributed by atoms with Crippen molar-refractivity contribution in [2.45, 2.75) is 0 Å². The number of aromatic hydroxyl groups is 2. The van der Waals surface area contributed by atoms with Crippen molar-refractivity contribution in [2.75, 3.05) is 11.5 Å². The Morgan fingerprint density at radius 3 is 1.12 bits per heavy atom. The number of rotatable bonds is 0. The van der Waals surface area contributed by atoms with E-state index < -0.39 is 0 Å². The average molecular weight is 282 g/mol. The molecule has 6 N–H and O–H groups in total. The topological polar surface area (TPSA) is 92.5 Å². The summed E-state index contributed by atoms with van der Waals surface area (Å²) in [6.07, 6.45) is 0. The molecule has 0 unspecified atom stereocenters. The van der Waals surface area contributed by atoms with Gasteiger partial charge in [0, 0.05) is 17.1 Å². The fourth-order valence-electron chi connectivity index (χ4n) is 0.975. The first-order valence-corrected chi connectivity index (χ1v) is 4.68. The molecular formula is C12H14CuN2O2. The van der Waals surface area contributed by atoms with Crippen LogP contribution in [0.1, 0.15) is 0 Å². The van der Waals surface area contributed by atoms with Gasteiger partial charge >= 0.3 is 0 Å². The van der Waals surface area contributed by atoms with Crippen LogP contribution in [0.4, 0.5) is 11.4 Å². The molecule has 5 heteroatoms. The van der Waals surface area contributed by atoms with Gasteiger partial charge in [-0.25, -0.2) is 0 Å². The van der Waals surface area contributed by atoms with Crippen LogP contribution in [0, 0.1) is 0 Å². The van der Waals surface area contributed by atoms with Crippen molar-refractivity contribution in [1.82, 2.24) is 0 Å². The van der Waals surface area contributed by atoms with Gasteiger partial charge in [0.05, 0.1) is 11.4 Å². The van der Waals surface area contributed by atoms with Gasteiger partial charge < -0.3 is 21.7 Å². The summed E-state index contributed by atoms with van der Waals surface area (Å²) < 4.78 is 0. The molecule has 0 aliphatic heterocycles. The minimum absolute atomic E-state index is 0. The minimum Gasteiger partial charge on any atom is -0.506 e. The number of hydrogen-bond acceptors (Lipinski definition) is 4. The molecule has 0 spiro atoms. The summed E-state index contributed by atoms with van der Waals surface area (Å²) >= 11 is 0. The number of nitrogens with two attached hydrogens (primary N) is 2. The van der Waals surface area contributed by atoms with E-state index in [1.165, 1.54) is 0 Å². The van der Waals surface area contributed by atoms with Gasteiger partial charge in [-0.3, -0.25) is 0 Å². The number of hydrogen-bond donors (Lipinski definition) is 4. The van der Waals surface area contributed by atoms with Crippen molar-refractivity contribution >= 4 is 11.4 Å². The van der Waals surface area contributed by atoms with E-state index in [2.05, 4.69) is 0 Å². The van der Waals surface area contributed by atoms with Gasteiger partial charge in [-0.15, -0.1) is 0 Å². The third-order valence-corrected chi connectivity index (χ3v) is 1.87. The predicted molar refractivity (Wildman–Crippen MR) is 65.0 cm³/mol. The zero-order valence-electron chi connectivity index (χ0n) is 8.97. The number of benzene rings is 2. The molecule has 0 aliphatic carbocycles. The largest absolute Gasteiger partial charge is 0.506 e. The van der Waals surface area contributed by atoms with Crippen molar-refractivity contribution in [3.8, 4) is 11.5 Å². The average Bonchev–Trinajstić information content (AvgIpc) is 2.28. The van der Waals surface area contributed by atoms with E-state index in [-0.39, 0.29) is 28.6 Å². The Bertz CT molecular complexity index is 378. The smallest absolute Gasteiger partial charge is 0.138 e. The van der Waals surface area contributed by atoms with Gasteiger partial charge in [-0.2, -0.15) is 0 Å². The first kappa shape index (κ1) is 15.2. The number of para-hydroxylation sites is 4. The quantitative estimate of drug-likeness (QED) is 0.337. The fraction of sp³-hybridized carbons (Fsp3) is 0. The summed E-state index contributed by atoms with van der Waals surface area (Å²) in [6, 6.07) is 13.4. The fourth-order valence-corrected chi connectivity index (χ4v) is 0.975. The molecule has 17 heavy (non-hydrogen) atoms. The van der Waals surface area contributed by atoms with Crippen LogP contribution in [-0.2, 0) is 17.1 Å². The zero-order chi connectivity index (χ0) is 12.0. The maximum Gasteiger partial charge on any atom is 0.138 e. The molecule has 2 aromatic rings. The summed E-state index contributed by atoms with van der Waals surface area (Å²) in [5.41, 5.74) is 11.4. The van der Waals surface area contributed by atoms with Gasteiger partial charge in [0.1, 0.15) is 11.5 Å². The standard InChI is InChI=1S/2C6H7NO.Cu/c2*7-5-3-1-2-4-6(5)8;/h2*1-4,8H,7H2;. The van der Waals surface area contributed by atoms with Crippen LogP contribution in [0.25, 0.3) is 0 Å². The van der Waals surface area contributed by atoms with Crippen LogP contribution in [0.5, 0.6) is 11.5 Å². The summed E-state index contributed by atoms with van der Waals surface area (Å²) in [6.45, 7) is 0. The van der Waals surface area contributed by atoms with E-state index >= 15 is 0 Å². The second-order valence-electron chi connectivity index (χ2n) is 3.12. The first-order valence-electron chi connectivity index (χ1n) is 4.68. The normalized spacial score (nSPS) is 8.47. The summed E-state index contributed by atoms with van der Waals surface area (Å²) in [5, 5.41) is 17.6. The molecule has 95 valence electrons. The molecular weight excluding hydrogens is 268 g/mol. The van der Waals surface area contributed by atoms with Crippen LogP contribution in [0.15, 0.2) is 48.5 Å². The summed E-state index contributed by atoms with van der Waals surface area (Å²) in [4.78, 5) is 0. The predicted octanol–water partition coefficient (Wildman–Crippen LogP) is 1.95. The van der Waals surface area contributed by atoms with Gasteiger partial charge in [-0.05, 0) is 24.3 Å². The van der Waals surface area contributed by atoms with Crippen molar-refractivity contribution in [2.24, 2.45) is 0 Å². The van der Waals surface area contributed by atoms with Crippen LogP contribution in [-0.4, -0.2) is 10.2 Å². The molecule has 0 atom stereocenters. The number of anilines is 2. The molecule has 2 rings (SSSR count). The molecule has 0 bridgehead atoms. The van der Waals surface area contributed by atoms with Crippen molar-refractivity contribution in [1.29, 1.82) is 0 Å². The molecule has 0 aromatic heterocycles. The third-order valence-electron chi connectivity index (χ3n) is 1.87. The Balaban J connectivity index is 0.000000284. The number of phenolic OH excluding ortho intramolecular Hbond substituents is 2. The van der Waals surface area contributed by atoms with E-state index in [1.807, 2.05) is 0 Å². The number of phenols is 2. The van der Waals surface area contributed by atoms with Crippen LogP contribution < -0.4 is 11.5 Å².